The highest BCUT2D eigenvalue weighted by Crippen LogP contribution is 2.19. The van der Waals surface area contributed by atoms with Crippen LogP contribution < -0.4 is 10.6 Å². The molecule has 2 N–H and O–H groups in total. The summed E-state index contributed by atoms with van der Waals surface area (Å²) in [7, 11) is 3.48. The molecule has 1 unspecified atom stereocenters. The molecule has 0 bridgehead atoms. The number of methoxy groups -OCH3 is 1. The summed E-state index contributed by atoms with van der Waals surface area (Å²) in [5.41, 5.74) is 2.66. The molecule has 1 fully saturated rings. The van der Waals surface area contributed by atoms with Crippen molar-refractivity contribution >= 4 is 5.96 Å². The number of piperidine rings is 1. The Bertz CT molecular complexity index is 501. The van der Waals surface area contributed by atoms with Crippen LogP contribution in [0.3, 0.4) is 0 Å². The van der Waals surface area contributed by atoms with Crippen LogP contribution in [0, 0.1) is 0 Å². The first-order valence-electron chi connectivity index (χ1n) is 8.98. The van der Waals surface area contributed by atoms with Gasteiger partial charge in [-0.3, -0.25) is 9.89 Å². The Morgan fingerprint density at radius 2 is 1.96 bits per heavy atom. The van der Waals surface area contributed by atoms with Crippen molar-refractivity contribution in [3.63, 3.8) is 0 Å². The number of likely N-dealkylation sites (tertiary alicyclic amines) is 1. The minimum absolute atomic E-state index is 0.671. The van der Waals surface area contributed by atoms with E-state index in [1.807, 2.05) is 0 Å². The second kappa shape index (κ2) is 10.3. The van der Waals surface area contributed by atoms with Crippen molar-refractivity contribution in [1.29, 1.82) is 0 Å². The minimum atomic E-state index is 0.671. The highest BCUT2D eigenvalue weighted by Gasteiger charge is 2.17. The summed E-state index contributed by atoms with van der Waals surface area (Å²) in [6.45, 7) is 6.84. The van der Waals surface area contributed by atoms with E-state index in [4.69, 9.17) is 4.74 Å². The maximum Gasteiger partial charge on any atom is 0.191 e. The molecule has 0 radical (unpaired) electrons. The summed E-state index contributed by atoms with van der Waals surface area (Å²) in [5.74, 6) is 0.804. The fourth-order valence-electron chi connectivity index (χ4n) is 3.07. The molecule has 0 spiro atoms. The van der Waals surface area contributed by atoms with Gasteiger partial charge in [-0.1, -0.05) is 30.7 Å². The second-order valence-corrected chi connectivity index (χ2v) is 6.48. The molecule has 1 aliphatic heterocycles. The molecule has 0 amide bonds. The number of guanidine groups is 1. The van der Waals surface area contributed by atoms with E-state index in [0.717, 1.165) is 25.6 Å². The van der Waals surface area contributed by atoms with E-state index in [-0.39, 0.29) is 0 Å². The summed E-state index contributed by atoms with van der Waals surface area (Å²) < 4.78 is 5.03. The lowest BCUT2D eigenvalue weighted by Gasteiger charge is -2.33. The average Bonchev–Trinajstić information content (AvgIpc) is 2.61. The third-order valence-corrected chi connectivity index (χ3v) is 4.63. The molecule has 0 saturated carbocycles. The van der Waals surface area contributed by atoms with E-state index in [2.05, 4.69) is 51.7 Å². The Morgan fingerprint density at radius 1 is 1.21 bits per heavy atom. The van der Waals surface area contributed by atoms with Crippen molar-refractivity contribution in [2.45, 2.75) is 45.3 Å². The van der Waals surface area contributed by atoms with Gasteiger partial charge < -0.3 is 15.4 Å². The monoisotopic (exact) mass is 332 g/mol. The van der Waals surface area contributed by atoms with Crippen molar-refractivity contribution in [3.8, 4) is 0 Å². The zero-order chi connectivity index (χ0) is 17.2. The molecule has 2 rings (SSSR count). The van der Waals surface area contributed by atoms with Crippen molar-refractivity contribution in [2.24, 2.45) is 4.99 Å². The van der Waals surface area contributed by atoms with Gasteiger partial charge in [0.15, 0.2) is 5.96 Å². The molecule has 1 atom stereocenters. The zero-order valence-corrected chi connectivity index (χ0v) is 15.3. The van der Waals surface area contributed by atoms with Gasteiger partial charge in [0.25, 0.3) is 0 Å². The van der Waals surface area contributed by atoms with Crippen LogP contribution in [0.1, 0.15) is 37.3 Å². The normalized spacial score (nSPS) is 19.3. The van der Waals surface area contributed by atoms with E-state index in [1.54, 1.807) is 14.2 Å². The molecule has 0 aromatic heterocycles. The summed E-state index contributed by atoms with van der Waals surface area (Å²) in [4.78, 5) is 6.81. The number of rotatable bonds is 7. The molecule has 5 nitrogen and oxygen atoms in total. The lowest BCUT2D eigenvalue weighted by molar-refractivity contribution is 0.152. The van der Waals surface area contributed by atoms with Gasteiger partial charge in [0, 0.05) is 39.8 Å². The van der Waals surface area contributed by atoms with E-state index >= 15 is 0 Å². The molecule has 0 aliphatic carbocycles. The lowest BCUT2D eigenvalue weighted by atomic mass is 10.0. The number of nitrogens with zero attached hydrogens (tertiary/aromatic N) is 2. The average molecular weight is 332 g/mol. The van der Waals surface area contributed by atoms with Crippen molar-refractivity contribution < 1.29 is 4.74 Å². The largest absolute Gasteiger partial charge is 0.383 e. The van der Waals surface area contributed by atoms with Crippen LogP contribution in [0.15, 0.2) is 29.3 Å². The Morgan fingerprint density at radius 3 is 2.62 bits per heavy atom. The van der Waals surface area contributed by atoms with Gasteiger partial charge in [0.2, 0.25) is 0 Å². The number of ether oxygens (including phenoxy) is 1. The van der Waals surface area contributed by atoms with Gasteiger partial charge in [0.05, 0.1) is 6.61 Å². The SMILES string of the molecule is CN=C(NCCOC)NCc1ccc(CN2CCCCC2C)cc1. The van der Waals surface area contributed by atoms with Gasteiger partial charge >= 0.3 is 0 Å². The van der Waals surface area contributed by atoms with Gasteiger partial charge in [0.1, 0.15) is 0 Å². The first-order valence-corrected chi connectivity index (χ1v) is 8.98. The number of hydrogen-bond acceptors (Lipinski definition) is 3. The van der Waals surface area contributed by atoms with Crippen LogP contribution in [-0.2, 0) is 17.8 Å². The van der Waals surface area contributed by atoms with E-state index < -0.39 is 0 Å². The summed E-state index contributed by atoms with van der Waals surface area (Å²) >= 11 is 0. The van der Waals surface area contributed by atoms with Crippen LogP contribution in [0.5, 0.6) is 0 Å². The van der Waals surface area contributed by atoms with E-state index in [0.29, 0.717) is 12.6 Å². The van der Waals surface area contributed by atoms with Gasteiger partial charge in [-0.25, -0.2) is 0 Å². The Hall–Kier alpha value is -1.59. The molecule has 1 aromatic carbocycles. The molecule has 134 valence electrons. The zero-order valence-electron chi connectivity index (χ0n) is 15.3. The van der Waals surface area contributed by atoms with Crippen LogP contribution in [0.4, 0.5) is 0 Å². The predicted molar refractivity (Wildman–Crippen MR) is 100 cm³/mol. The Balaban J connectivity index is 1.79. The van der Waals surface area contributed by atoms with Crippen LogP contribution in [-0.4, -0.2) is 50.8 Å². The second-order valence-electron chi connectivity index (χ2n) is 6.48. The summed E-state index contributed by atoms with van der Waals surface area (Å²) in [6, 6.07) is 9.62. The number of benzene rings is 1. The Kier molecular flexibility index (Phi) is 8.05. The lowest BCUT2D eigenvalue weighted by Crippen LogP contribution is -2.38. The molecule has 1 aliphatic rings. The van der Waals surface area contributed by atoms with Crippen molar-refractivity contribution in [3.05, 3.63) is 35.4 Å². The molecule has 5 heteroatoms. The minimum Gasteiger partial charge on any atom is -0.383 e. The molecule has 1 aromatic rings. The van der Waals surface area contributed by atoms with Crippen LogP contribution in [0.25, 0.3) is 0 Å². The van der Waals surface area contributed by atoms with Crippen LogP contribution in [0.2, 0.25) is 0 Å². The topological polar surface area (TPSA) is 48.9 Å². The summed E-state index contributed by atoms with van der Waals surface area (Å²) in [6.07, 6.45) is 4.04. The fraction of sp³-hybridized carbons (Fsp3) is 0.632. The summed E-state index contributed by atoms with van der Waals surface area (Å²) in [5, 5.41) is 6.54. The fourth-order valence-corrected chi connectivity index (χ4v) is 3.07. The van der Waals surface area contributed by atoms with Gasteiger partial charge in [-0.2, -0.15) is 0 Å². The van der Waals surface area contributed by atoms with Gasteiger partial charge in [-0.05, 0) is 37.4 Å². The Labute approximate surface area is 146 Å². The first kappa shape index (κ1) is 18.7. The van der Waals surface area contributed by atoms with Crippen molar-refractivity contribution in [2.75, 3.05) is 33.9 Å². The third kappa shape index (κ3) is 6.13. The first-order chi connectivity index (χ1) is 11.7. The standard InChI is InChI=1S/C19H32N4O/c1-16-6-4-5-12-23(16)15-18-9-7-17(8-10-18)14-22-19(20-2)21-11-13-24-3/h7-10,16H,4-6,11-15H2,1-3H3,(H2,20,21,22). The molecule has 1 heterocycles. The van der Waals surface area contributed by atoms with E-state index in [1.165, 1.54) is 36.9 Å². The quantitative estimate of drug-likeness (QED) is 0.457. The third-order valence-electron chi connectivity index (χ3n) is 4.63. The highest BCUT2D eigenvalue weighted by atomic mass is 16.5. The molecule has 1 saturated heterocycles. The molecular weight excluding hydrogens is 300 g/mol. The smallest absolute Gasteiger partial charge is 0.191 e. The predicted octanol–water partition coefficient (Wildman–Crippen LogP) is 2.37. The maximum absolute atomic E-state index is 5.03. The number of nitrogens with one attached hydrogen (secondary N) is 2. The van der Waals surface area contributed by atoms with Gasteiger partial charge in [-0.15, -0.1) is 0 Å². The van der Waals surface area contributed by atoms with E-state index in [9.17, 15) is 0 Å². The molecule has 24 heavy (non-hydrogen) atoms. The van der Waals surface area contributed by atoms with Crippen molar-refractivity contribution in [1.82, 2.24) is 15.5 Å². The molecular formula is C19H32N4O. The maximum atomic E-state index is 5.03. The number of hydrogen-bond donors (Lipinski definition) is 2. The van der Waals surface area contributed by atoms with Crippen LogP contribution >= 0.6 is 0 Å². The number of aliphatic imine (C=N–C) groups is 1. The highest BCUT2D eigenvalue weighted by molar-refractivity contribution is 5.79.